The Bertz CT molecular complexity index is 1230. The Labute approximate surface area is 192 Å². The number of nitrogens with zero attached hydrogens (tertiary/aromatic N) is 3. The van der Waals surface area contributed by atoms with E-state index >= 15 is 0 Å². The summed E-state index contributed by atoms with van der Waals surface area (Å²) < 4.78 is 40.2. The van der Waals surface area contributed by atoms with E-state index < -0.39 is 12.7 Å². The molecule has 0 bridgehead atoms. The van der Waals surface area contributed by atoms with E-state index in [2.05, 4.69) is 14.7 Å². The van der Waals surface area contributed by atoms with Crippen molar-refractivity contribution < 1.29 is 27.8 Å². The second-order valence-electron chi connectivity index (χ2n) is 7.69. The van der Waals surface area contributed by atoms with Crippen molar-refractivity contribution in [2.75, 3.05) is 25.5 Å². The number of fused-ring (bicyclic) bond motifs is 3. The van der Waals surface area contributed by atoms with Crippen molar-refractivity contribution in [3.8, 4) is 5.88 Å². The maximum atomic E-state index is 13.6. The number of nitrogen functional groups attached to an aromatic ring is 1. The number of pyridine rings is 2. The summed E-state index contributed by atoms with van der Waals surface area (Å²) in [4.78, 5) is 23.6. The number of carbonyl (C=O) groups is 1. The number of hydrogen-bond acceptors (Lipinski definition) is 7. The van der Waals surface area contributed by atoms with Gasteiger partial charge in [0.15, 0.2) is 0 Å². The minimum atomic E-state index is -2.97. The van der Waals surface area contributed by atoms with Gasteiger partial charge in [-0.1, -0.05) is 11.6 Å². The number of hydrogen-bond donors (Lipinski definition) is 1. The molecule has 1 amide bonds. The molecule has 11 heteroatoms. The van der Waals surface area contributed by atoms with Crippen LogP contribution in [0.4, 0.5) is 14.6 Å². The molecule has 1 atom stereocenters. The number of rotatable bonds is 4. The molecule has 0 radical (unpaired) electrons. The van der Waals surface area contributed by atoms with Gasteiger partial charge in [0.1, 0.15) is 5.82 Å². The maximum absolute atomic E-state index is 13.6. The summed E-state index contributed by atoms with van der Waals surface area (Å²) in [7, 11) is 0. The van der Waals surface area contributed by atoms with E-state index in [-0.39, 0.29) is 23.4 Å². The van der Waals surface area contributed by atoms with Gasteiger partial charge in [-0.15, -0.1) is 0 Å². The molecule has 8 nitrogen and oxygen atoms in total. The summed E-state index contributed by atoms with van der Waals surface area (Å²) in [5.74, 6) is -0.0958. The molecule has 0 saturated carbocycles. The van der Waals surface area contributed by atoms with Gasteiger partial charge >= 0.3 is 6.61 Å². The molecule has 33 heavy (non-hydrogen) atoms. The van der Waals surface area contributed by atoms with Crippen LogP contribution in [0.25, 0.3) is 10.9 Å². The van der Waals surface area contributed by atoms with E-state index in [1.54, 1.807) is 23.1 Å². The summed E-state index contributed by atoms with van der Waals surface area (Å²) in [6, 6.07) is 5.81. The standard InChI is InChI=1S/C22H19ClF2N4O4/c23-16-6-17-12(14-8-32-9-15(14)20(26)28-17)5-13(16)21(30)29-3-4-31-10-18(29)11-1-2-19(27-7-11)33-22(24)25/h1-2,5-7,18,22H,3-4,8-10H2,(H2,26,28)/t18-/m0/s1. The van der Waals surface area contributed by atoms with Crippen LogP contribution in [0, 0.1) is 0 Å². The number of nitrogens with two attached hydrogens (primary N) is 1. The zero-order valence-corrected chi connectivity index (χ0v) is 18.0. The molecule has 1 fully saturated rings. The molecule has 1 saturated heterocycles. The van der Waals surface area contributed by atoms with Crippen LogP contribution < -0.4 is 10.5 Å². The Balaban J connectivity index is 1.49. The summed E-state index contributed by atoms with van der Waals surface area (Å²) in [5.41, 5.74) is 9.31. The number of aromatic nitrogens is 2. The van der Waals surface area contributed by atoms with Crippen LogP contribution in [-0.4, -0.2) is 47.1 Å². The number of carbonyl (C=O) groups excluding carboxylic acids is 1. The molecule has 2 aromatic heterocycles. The molecule has 5 rings (SSSR count). The lowest BCUT2D eigenvalue weighted by Crippen LogP contribution is -2.43. The average molecular weight is 477 g/mol. The Kier molecular flexibility index (Phi) is 5.73. The molecule has 1 aromatic carbocycles. The molecule has 172 valence electrons. The molecule has 2 aliphatic heterocycles. The normalized spacial score (nSPS) is 18.1. The smallest absolute Gasteiger partial charge is 0.388 e. The van der Waals surface area contributed by atoms with Gasteiger partial charge in [-0.05, 0) is 29.3 Å². The van der Waals surface area contributed by atoms with Crippen LogP contribution in [0.1, 0.15) is 33.1 Å². The number of anilines is 1. The third-order valence-corrected chi connectivity index (χ3v) is 6.10. The molecule has 0 unspecified atom stereocenters. The zero-order chi connectivity index (χ0) is 23.1. The van der Waals surface area contributed by atoms with Crippen LogP contribution in [0.3, 0.4) is 0 Å². The highest BCUT2D eigenvalue weighted by Gasteiger charge is 2.31. The third kappa shape index (κ3) is 4.05. The van der Waals surface area contributed by atoms with Gasteiger partial charge in [-0.2, -0.15) is 8.78 Å². The lowest BCUT2D eigenvalue weighted by atomic mass is 10.0. The van der Waals surface area contributed by atoms with Crippen molar-refractivity contribution in [2.24, 2.45) is 0 Å². The Morgan fingerprint density at radius 3 is 2.82 bits per heavy atom. The number of halogens is 3. The summed E-state index contributed by atoms with van der Waals surface area (Å²) in [5, 5.41) is 1.02. The number of benzene rings is 1. The molecule has 2 aliphatic rings. The lowest BCUT2D eigenvalue weighted by Gasteiger charge is -2.36. The van der Waals surface area contributed by atoms with Crippen LogP contribution in [0.15, 0.2) is 30.5 Å². The van der Waals surface area contributed by atoms with Crippen LogP contribution in [-0.2, 0) is 22.7 Å². The minimum absolute atomic E-state index is 0.205. The quantitative estimate of drug-likeness (QED) is 0.612. The van der Waals surface area contributed by atoms with Crippen LogP contribution in [0.5, 0.6) is 5.88 Å². The van der Waals surface area contributed by atoms with Crippen molar-refractivity contribution in [1.82, 2.24) is 14.9 Å². The Hall–Kier alpha value is -3.08. The highest BCUT2D eigenvalue weighted by molar-refractivity contribution is 6.34. The number of alkyl halides is 2. The fourth-order valence-electron chi connectivity index (χ4n) is 4.18. The second kappa shape index (κ2) is 8.69. The fraction of sp³-hybridized carbons (Fsp3) is 0.318. The molecule has 0 spiro atoms. The van der Waals surface area contributed by atoms with Crippen molar-refractivity contribution in [3.63, 3.8) is 0 Å². The van der Waals surface area contributed by atoms with Crippen molar-refractivity contribution >= 4 is 34.2 Å². The second-order valence-corrected chi connectivity index (χ2v) is 8.10. The number of morpholine rings is 1. The van der Waals surface area contributed by atoms with E-state index in [1.165, 1.54) is 12.3 Å². The highest BCUT2D eigenvalue weighted by atomic mass is 35.5. The van der Waals surface area contributed by atoms with Gasteiger partial charge in [0.05, 0.1) is 48.6 Å². The average Bonchev–Trinajstić information content (AvgIpc) is 3.29. The van der Waals surface area contributed by atoms with Crippen molar-refractivity contribution in [2.45, 2.75) is 25.9 Å². The summed E-state index contributed by atoms with van der Waals surface area (Å²) in [6.07, 6.45) is 1.40. The number of amides is 1. The molecule has 4 heterocycles. The largest absolute Gasteiger partial charge is 0.417 e. The molecule has 3 aromatic rings. The van der Waals surface area contributed by atoms with E-state index in [4.69, 9.17) is 26.8 Å². The fourth-order valence-corrected chi connectivity index (χ4v) is 4.42. The molecular formula is C22H19ClF2N4O4. The van der Waals surface area contributed by atoms with Gasteiger partial charge in [0.25, 0.3) is 5.91 Å². The van der Waals surface area contributed by atoms with E-state index in [9.17, 15) is 13.6 Å². The number of ether oxygens (including phenoxy) is 3. The van der Waals surface area contributed by atoms with E-state index in [0.29, 0.717) is 48.8 Å². The molecule has 0 aliphatic carbocycles. The first-order valence-electron chi connectivity index (χ1n) is 10.2. The topological polar surface area (TPSA) is 99.8 Å². The van der Waals surface area contributed by atoms with Gasteiger partial charge in [-0.25, -0.2) is 9.97 Å². The first-order valence-corrected chi connectivity index (χ1v) is 10.6. The summed E-state index contributed by atoms with van der Waals surface area (Å²) >= 11 is 6.49. The van der Waals surface area contributed by atoms with Gasteiger partial charge < -0.3 is 24.8 Å². The predicted octanol–water partition coefficient (Wildman–Crippen LogP) is 3.71. The predicted molar refractivity (Wildman–Crippen MR) is 115 cm³/mol. The van der Waals surface area contributed by atoms with Gasteiger partial charge in [-0.3, -0.25) is 4.79 Å². The van der Waals surface area contributed by atoms with Crippen molar-refractivity contribution in [3.05, 3.63) is 57.7 Å². The first kappa shape index (κ1) is 21.7. The monoisotopic (exact) mass is 476 g/mol. The molecular weight excluding hydrogens is 458 g/mol. The Morgan fingerprint density at radius 1 is 1.24 bits per heavy atom. The summed E-state index contributed by atoms with van der Waals surface area (Å²) in [6.45, 7) is -1.30. The SMILES string of the molecule is Nc1nc2cc(Cl)c(C(=O)N3CCOC[C@H]3c3ccc(OC(F)F)nc3)cc2c2c1COC2. The van der Waals surface area contributed by atoms with Gasteiger partial charge in [0.2, 0.25) is 5.88 Å². The van der Waals surface area contributed by atoms with Crippen molar-refractivity contribution in [1.29, 1.82) is 0 Å². The minimum Gasteiger partial charge on any atom is -0.417 e. The van der Waals surface area contributed by atoms with E-state index in [0.717, 1.165) is 16.5 Å². The Morgan fingerprint density at radius 2 is 2.06 bits per heavy atom. The van der Waals surface area contributed by atoms with E-state index in [1.807, 2.05) is 0 Å². The molecule has 2 N–H and O–H groups in total. The maximum Gasteiger partial charge on any atom is 0.388 e. The third-order valence-electron chi connectivity index (χ3n) is 5.79. The lowest BCUT2D eigenvalue weighted by molar-refractivity contribution is -0.0529. The van der Waals surface area contributed by atoms with Crippen LogP contribution in [0.2, 0.25) is 5.02 Å². The van der Waals surface area contributed by atoms with Gasteiger partial charge in [0, 0.05) is 29.8 Å². The highest BCUT2D eigenvalue weighted by Crippen LogP contribution is 2.35. The zero-order valence-electron chi connectivity index (χ0n) is 17.3. The van der Waals surface area contributed by atoms with Crippen LogP contribution >= 0.6 is 11.6 Å². The first-order chi connectivity index (χ1) is 15.9.